The molecule has 5 atom stereocenters. The minimum atomic E-state index is -0.889. The Morgan fingerprint density at radius 1 is 1.15 bits per heavy atom. The van der Waals surface area contributed by atoms with Crippen LogP contribution in [0.3, 0.4) is 0 Å². The van der Waals surface area contributed by atoms with Crippen molar-refractivity contribution in [2.24, 2.45) is 11.8 Å². The van der Waals surface area contributed by atoms with E-state index in [2.05, 4.69) is 6.92 Å². The largest absolute Gasteiger partial charge is 0.481 e. The first kappa shape index (κ1) is 22.9. The summed E-state index contributed by atoms with van der Waals surface area (Å²) >= 11 is 0. The second-order valence-corrected chi connectivity index (χ2v) is 7.78. The van der Waals surface area contributed by atoms with Crippen molar-refractivity contribution in [3.8, 4) is 0 Å². The molecule has 0 aromatic rings. The smallest absolute Gasteiger partial charge is 0.303 e. The van der Waals surface area contributed by atoms with E-state index in [0.29, 0.717) is 32.1 Å². The first-order valence-electron chi connectivity index (χ1n) is 9.91. The number of rotatable bonds is 12. The molecule has 5 nitrogen and oxygen atoms in total. The maximum atomic E-state index is 10.5. The van der Waals surface area contributed by atoms with Gasteiger partial charge in [0.15, 0.2) is 0 Å². The van der Waals surface area contributed by atoms with Crippen LogP contribution in [0.4, 0.5) is 0 Å². The molecule has 0 unspecified atom stereocenters. The monoisotopic (exact) mass is 368 g/mol. The molecular formula is C21H36O5. The molecule has 0 amide bonds. The highest BCUT2D eigenvalue weighted by atomic mass is 16.4. The molecule has 0 aromatic heterocycles. The number of carboxylic acid groups (broad SMARTS) is 1. The van der Waals surface area contributed by atoms with Crippen molar-refractivity contribution in [2.75, 3.05) is 0 Å². The van der Waals surface area contributed by atoms with Crippen LogP contribution in [0.5, 0.6) is 0 Å². The fourth-order valence-electron chi connectivity index (χ4n) is 3.58. The number of aliphatic carboxylic acids is 1. The molecule has 0 radical (unpaired) electrons. The molecule has 1 aliphatic rings. The molecule has 5 heteroatoms. The lowest BCUT2D eigenvalue weighted by Crippen LogP contribution is -2.24. The molecule has 0 bridgehead atoms. The van der Waals surface area contributed by atoms with Crippen LogP contribution >= 0.6 is 0 Å². The van der Waals surface area contributed by atoms with Gasteiger partial charge in [0.1, 0.15) is 0 Å². The second-order valence-electron chi connectivity index (χ2n) is 7.78. The van der Waals surface area contributed by atoms with Gasteiger partial charge in [-0.25, -0.2) is 0 Å². The molecule has 1 rings (SSSR count). The summed E-state index contributed by atoms with van der Waals surface area (Å²) in [6.45, 7) is 3.91. The van der Waals surface area contributed by atoms with Gasteiger partial charge in [-0.3, -0.25) is 4.79 Å². The van der Waals surface area contributed by atoms with E-state index >= 15 is 0 Å². The average Bonchev–Trinajstić information content (AvgIpc) is 2.82. The third kappa shape index (κ3) is 8.47. The lowest BCUT2D eigenvalue weighted by Gasteiger charge is -2.23. The molecule has 0 saturated heterocycles. The van der Waals surface area contributed by atoms with E-state index < -0.39 is 23.8 Å². The van der Waals surface area contributed by atoms with Crippen LogP contribution in [0.25, 0.3) is 0 Å². The Morgan fingerprint density at radius 3 is 2.54 bits per heavy atom. The summed E-state index contributed by atoms with van der Waals surface area (Å²) < 4.78 is 0. The van der Waals surface area contributed by atoms with Crippen LogP contribution in [0.2, 0.25) is 0 Å². The molecule has 1 fully saturated rings. The number of hydrogen-bond donors (Lipinski definition) is 4. The molecule has 1 aliphatic carbocycles. The lowest BCUT2D eigenvalue weighted by atomic mass is 9.88. The van der Waals surface area contributed by atoms with E-state index in [9.17, 15) is 20.1 Å². The van der Waals surface area contributed by atoms with Crippen molar-refractivity contribution in [3.63, 3.8) is 0 Å². The normalized spacial score (nSPS) is 28.8. The van der Waals surface area contributed by atoms with Crippen LogP contribution in [0.1, 0.15) is 71.6 Å². The van der Waals surface area contributed by atoms with Crippen molar-refractivity contribution < 1.29 is 25.2 Å². The Bertz CT molecular complexity index is 469. The first-order valence-corrected chi connectivity index (χ1v) is 9.91. The van der Waals surface area contributed by atoms with Gasteiger partial charge in [0.25, 0.3) is 0 Å². The van der Waals surface area contributed by atoms with Gasteiger partial charge in [-0.2, -0.15) is 0 Å². The predicted molar refractivity (Wildman–Crippen MR) is 103 cm³/mol. The first-order chi connectivity index (χ1) is 12.3. The van der Waals surface area contributed by atoms with Crippen LogP contribution in [0, 0.1) is 11.8 Å². The maximum Gasteiger partial charge on any atom is 0.303 e. The maximum absolute atomic E-state index is 10.5. The van der Waals surface area contributed by atoms with Gasteiger partial charge in [-0.15, -0.1) is 0 Å². The average molecular weight is 369 g/mol. The number of unbranched alkanes of at least 4 members (excludes halogenated alkanes) is 3. The summed E-state index contributed by atoms with van der Waals surface area (Å²) in [6.07, 6.45) is 12.7. The zero-order valence-corrected chi connectivity index (χ0v) is 16.2. The summed E-state index contributed by atoms with van der Waals surface area (Å²) in [7, 11) is 0. The van der Waals surface area contributed by atoms with Crippen molar-refractivity contribution in [3.05, 3.63) is 24.3 Å². The van der Waals surface area contributed by atoms with Crippen LogP contribution < -0.4 is 0 Å². The van der Waals surface area contributed by atoms with Crippen molar-refractivity contribution in [1.29, 1.82) is 0 Å². The number of carboxylic acids is 1. The molecule has 0 aliphatic heterocycles. The highest BCUT2D eigenvalue weighted by Crippen LogP contribution is 2.37. The SMILES string of the molecule is CCCCC[C@](C)(O)/C=C/[C@@H]1[C@@H](C/C=C\CCCC(=O)O)[C@H](O)C[C@H]1O. The highest BCUT2D eigenvalue weighted by Gasteiger charge is 2.39. The molecule has 26 heavy (non-hydrogen) atoms. The van der Waals surface area contributed by atoms with Crippen LogP contribution in [0.15, 0.2) is 24.3 Å². The number of aliphatic hydroxyl groups excluding tert-OH is 2. The molecule has 150 valence electrons. The zero-order valence-electron chi connectivity index (χ0n) is 16.2. The Morgan fingerprint density at radius 2 is 1.88 bits per heavy atom. The highest BCUT2D eigenvalue weighted by molar-refractivity contribution is 5.66. The summed E-state index contributed by atoms with van der Waals surface area (Å²) in [5.74, 6) is -1.04. The van der Waals surface area contributed by atoms with Crippen molar-refractivity contribution >= 4 is 5.97 Å². The van der Waals surface area contributed by atoms with Gasteiger partial charge in [0.05, 0.1) is 17.8 Å². The topological polar surface area (TPSA) is 98.0 Å². The van der Waals surface area contributed by atoms with E-state index in [-0.39, 0.29) is 18.3 Å². The minimum Gasteiger partial charge on any atom is -0.481 e. The van der Waals surface area contributed by atoms with E-state index in [4.69, 9.17) is 5.11 Å². The summed E-state index contributed by atoms with van der Waals surface area (Å²) in [5.41, 5.74) is -0.889. The van der Waals surface area contributed by atoms with Crippen LogP contribution in [-0.4, -0.2) is 44.2 Å². The quantitative estimate of drug-likeness (QED) is 0.312. The van der Waals surface area contributed by atoms with Gasteiger partial charge in [0, 0.05) is 18.8 Å². The standard InChI is InChI=1S/C21H36O5/c1-3-4-9-13-21(2,26)14-12-17-16(18(22)15-19(17)23)10-7-5-6-8-11-20(24)25/h5,7,12,14,16-19,22-23,26H,3-4,6,8-11,13,15H2,1-2H3,(H,24,25)/b7-5-,14-12+/t16-,17-,18-,19-,21+/m1/s1. The van der Waals surface area contributed by atoms with E-state index in [1.54, 1.807) is 13.0 Å². The number of carbonyl (C=O) groups is 1. The predicted octanol–water partition coefficient (Wildman–Crippen LogP) is 3.43. The third-order valence-corrected chi connectivity index (χ3v) is 5.22. The van der Waals surface area contributed by atoms with E-state index in [0.717, 1.165) is 19.3 Å². The van der Waals surface area contributed by atoms with Crippen molar-refractivity contribution in [1.82, 2.24) is 0 Å². The van der Waals surface area contributed by atoms with Gasteiger partial charge < -0.3 is 20.4 Å². The molecule has 0 spiro atoms. The fraction of sp³-hybridized carbons (Fsp3) is 0.762. The molecule has 0 aromatic carbocycles. The molecule has 4 N–H and O–H groups in total. The molecule has 1 saturated carbocycles. The van der Waals surface area contributed by atoms with Gasteiger partial charge >= 0.3 is 5.97 Å². The van der Waals surface area contributed by atoms with E-state index in [1.807, 2.05) is 18.2 Å². The zero-order chi connectivity index (χ0) is 19.6. The minimum absolute atomic E-state index is 0.0802. The van der Waals surface area contributed by atoms with Crippen LogP contribution in [-0.2, 0) is 4.79 Å². The lowest BCUT2D eigenvalue weighted by molar-refractivity contribution is -0.137. The van der Waals surface area contributed by atoms with Gasteiger partial charge in [-0.05, 0) is 38.5 Å². The Balaban J connectivity index is 2.56. The summed E-state index contributed by atoms with van der Waals surface area (Å²) in [4.78, 5) is 10.5. The summed E-state index contributed by atoms with van der Waals surface area (Å²) in [5, 5.41) is 39.6. The van der Waals surface area contributed by atoms with Gasteiger partial charge in [0.2, 0.25) is 0 Å². The molecular weight excluding hydrogens is 332 g/mol. The Kier molecular flexibility index (Phi) is 10.1. The second kappa shape index (κ2) is 11.5. The molecule has 0 heterocycles. The number of allylic oxidation sites excluding steroid dienone is 2. The summed E-state index contributed by atoms with van der Waals surface area (Å²) in [6, 6.07) is 0. The fourth-order valence-corrected chi connectivity index (χ4v) is 3.58. The Labute approximate surface area is 157 Å². The van der Waals surface area contributed by atoms with E-state index in [1.165, 1.54) is 0 Å². The number of hydrogen-bond acceptors (Lipinski definition) is 4. The third-order valence-electron chi connectivity index (χ3n) is 5.22. The number of aliphatic hydroxyl groups is 3. The Hall–Kier alpha value is -1.17. The van der Waals surface area contributed by atoms with Crippen molar-refractivity contribution in [2.45, 2.75) is 89.4 Å². The van der Waals surface area contributed by atoms with Gasteiger partial charge in [-0.1, -0.05) is 50.5 Å².